The van der Waals surface area contributed by atoms with Crippen molar-refractivity contribution < 1.29 is 4.79 Å². The summed E-state index contributed by atoms with van der Waals surface area (Å²) in [6, 6.07) is 0.259. The molecule has 0 spiro atoms. The molecular weight excluding hydrogens is 326 g/mol. The third-order valence-electron chi connectivity index (χ3n) is 4.41. The summed E-state index contributed by atoms with van der Waals surface area (Å²) in [6.45, 7) is 5.04. The summed E-state index contributed by atoms with van der Waals surface area (Å²) >= 11 is 1.61. The topological polar surface area (TPSA) is 80.1 Å². The molecule has 0 saturated carbocycles. The summed E-state index contributed by atoms with van der Waals surface area (Å²) < 4.78 is 1.35. The molecule has 0 radical (unpaired) electrons. The van der Waals surface area contributed by atoms with Crippen LogP contribution < -0.4 is 15.8 Å². The predicted molar refractivity (Wildman–Crippen MR) is 93.5 cm³/mol. The molecule has 1 fully saturated rings. The molecule has 3 rings (SSSR count). The Hall–Kier alpha value is -2.22. The number of amides is 1. The Morgan fingerprint density at radius 3 is 3.00 bits per heavy atom. The van der Waals surface area contributed by atoms with Gasteiger partial charge in [0.15, 0.2) is 5.13 Å². The molecule has 24 heavy (non-hydrogen) atoms. The van der Waals surface area contributed by atoms with Crippen LogP contribution in [-0.4, -0.2) is 39.6 Å². The molecule has 0 bridgehead atoms. The van der Waals surface area contributed by atoms with Crippen LogP contribution in [0.3, 0.4) is 0 Å². The van der Waals surface area contributed by atoms with Crippen LogP contribution in [0.2, 0.25) is 0 Å². The second-order valence-electron chi connectivity index (χ2n) is 6.00. The maximum absolute atomic E-state index is 12.2. The number of hydrogen-bond donors (Lipinski definition) is 1. The van der Waals surface area contributed by atoms with Crippen molar-refractivity contribution in [1.82, 2.24) is 19.9 Å². The van der Waals surface area contributed by atoms with E-state index in [4.69, 9.17) is 0 Å². The molecule has 8 heteroatoms. The van der Waals surface area contributed by atoms with Gasteiger partial charge in [-0.15, -0.1) is 11.3 Å². The molecule has 7 nitrogen and oxygen atoms in total. The molecule has 2 aromatic heterocycles. The third kappa shape index (κ3) is 3.48. The highest BCUT2D eigenvalue weighted by Crippen LogP contribution is 2.26. The largest absolute Gasteiger partial charge is 0.352 e. The van der Waals surface area contributed by atoms with Crippen molar-refractivity contribution in [3.05, 3.63) is 39.5 Å². The Balaban J connectivity index is 1.58. The smallest absolute Gasteiger partial charge is 0.256 e. The lowest BCUT2D eigenvalue weighted by Gasteiger charge is -2.24. The van der Waals surface area contributed by atoms with E-state index in [1.807, 2.05) is 5.38 Å². The fraction of sp³-hybridized carbons (Fsp3) is 0.500. The van der Waals surface area contributed by atoms with Gasteiger partial charge < -0.3 is 10.2 Å². The van der Waals surface area contributed by atoms with Gasteiger partial charge in [-0.05, 0) is 26.7 Å². The first-order chi connectivity index (χ1) is 11.6. The van der Waals surface area contributed by atoms with Gasteiger partial charge in [0.05, 0.1) is 6.33 Å². The minimum atomic E-state index is -0.173. The SMILES string of the molecule is Cc1ncn(CC(=O)NCC2CCCN2c2nccs2)c(=O)c1C. The van der Waals surface area contributed by atoms with E-state index >= 15 is 0 Å². The Morgan fingerprint density at radius 1 is 1.42 bits per heavy atom. The normalized spacial score (nSPS) is 17.2. The zero-order chi connectivity index (χ0) is 17.1. The van der Waals surface area contributed by atoms with Crippen molar-refractivity contribution in [2.75, 3.05) is 18.0 Å². The molecular formula is C16H21N5O2S. The lowest BCUT2D eigenvalue weighted by atomic mass is 10.2. The van der Waals surface area contributed by atoms with Crippen LogP contribution in [0.5, 0.6) is 0 Å². The van der Waals surface area contributed by atoms with E-state index in [-0.39, 0.29) is 24.1 Å². The molecule has 1 N–H and O–H groups in total. The van der Waals surface area contributed by atoms with E-state index < -0.39 is 0 Å². The Labute approximate surface area is 144 Å². The highest BCUT2D eigenvalue weighted by atomic mass is 32.1. The number of anilines is 1. The quantitative estimate of drug-likeness (QED) is 0.876. The lowest BCUT2D eigenvalue weighted by molar-refractivity contribution is -0.121. The number of aromatic nitrogens is 3. The van der Waals surface area contributed by atoms with Crippen LogP contribution in [0, 0.1) is 13.8 Å². The average Bonchev–Trinajstić information content (AvgIpc) is 3.24. The molecule has 1 atom stereocenters. The van der Waals surface area contributed by atoms with E-state index in [0.29, 0.717) is 17.8 Å². The zero-order valence-corrected chi connectivity index (χ0v) is 14.7. The number of hydrogen-bond acceptors (Lipinski definition) is 6. The summed E-state index contributed by atoms with van der Waals surface area (Å²) in [6.07, 6.45) is 5.36. The number of nitrogens with zero attached hydrogens (tertiary/aromatic N) is 4. The summed E-state index contributed by atoms with van der Waals surface area (Å²) in [4.78, 5) is 35.0. The summed E-state index contributed by atoms with van der Waals surface area (Å²) in [7, 11) is 0. The Kier molecular flexibility index (Phi) is 4.94. The number of carbonyl (C=O) groups excluding carboxylic acids is 1. The molecule has 3 heterocycles. The average molecular weight is 347 g/mol. The predicted octanol–water partition coefficient (Wildman–Crippen LogP) is 1.10. The summed E-state index contributed by atoms with van der Waals surface area (Å²) in [5, 5.41) is 5.90. The van der Waals surface area contributed by atoms with Crippen LogP contribution in [0.4, 0.5) is 5.13 Å². The van der Waals surface area contributed by atoms with Crippen molar-refractivity contribution in [2.45, 2.75) is 39.3 Å². The van der Waals surface area contributed by atoms with Gasteiger partial charge in [-0.25, -0.2) is 9.97 Å². The van der Waals surface area contributed by atoms with Gasteiger partial charge in [0.25, 0.3) is 5.56 Å². The van der Waals surface area contributed by atoms with Crippen LogP contribution >= 0.6 is 11.3 Å². The number of carbonyl (C=O) groups is 1. The fourth-order valence-electron chi connectivity index (χ4n) is 2.89. The highest BCUT2D eigenvalue weighted by molar-refractivity contribution is 7.13. The van der Waals surface area contributed by atoms with Gasteiger partial charge in [-0.1, -0.05) is 0 Å². The monoisotopic (exact) mass is 347 g/mol. The minimum absolute atomic E-state index is 0.00305. The first kappa shape index (κ1) is 16.6. The van der Waals surface area contributed by atoms with E-state index in [2.05, 4.69) is 20.2 Å². The minimum Gasteiger partial charge on any atom is -0.352 e. The van der Waals surface area contributed by atoms with Crippen LogP contribution in [0.25, 0.3) is 0 Å². The Bertz CT molecular complexity index is 771. The molecule has 1 unspecified atom stereocenters. The van der Waals surface area contributed by atoms with E-state index in [0.717, 1.165) is 24.5 Å². The van der Waals surface area contributed by atoms with Crippen molar-refractivity contribution in [3.63, 3.8) is 0 Å². The molecule has 2 aromatic rings. The maximum Gasteiger partial charge on any atom is 0.256 e. The number of rotatable bonds is 5. The number of thiazole rings is 1. The maximum atomic E-state index is 12.2. The second kappa shape index (κ2) is 7.12. The summed E-state index contributed by atoms with van der Waals surface area (Å²) in [5.74, 6) is -0.173. The highest BCUT2D eigenvalue weighted by Gasteiger charge is 2.26. The second-order valence-corrected chi connectivity index (χ2v) is 6.87. The van der Waals surface area contributed by atoms with Crippen molar-refractivity contribution in [2.24, 2.45) is 0 Å². The molecule has 1 saturated heterocycles. The van der Waals surface area contributed by atoms with Gasteiger partial charge in [0.2, 0.25) is 5.91 Å². The lowest BCUT2D eigenvalue weighted by Crippen LogP contribution is -2.42. The molecule has 1 amide bonds. The van der Waals surface area contributed by atoms with Crippen molar-refractivity contribution in [1.29, 1.82) is 0 Å². The Morgan fingerprint density at radius 2 is 2.25 bits per heavy atom. The molecule has 0 aliphatic carbocycles. The first-order valence-corrected chi connectivity index (χ1v) is 8.89. The molecule has 128 valence electrons. The van der Waals surface area contributed by atoms with Crippen LogP contribution in [0.15, 0.2) is 22.7 Å². The van der Waals surface area contributed by atoms with Gasteiger partial charge in [-0.3, -0.25) is 14.2 Å². The van der Waals surface area contributed by atoms with Crippen molar-refractivity contribution >= 4 is 22.4 Å². The summed E-state index contributed by atoms with van der Waals surface area (Å²) in [5.41, 5.74) is 1.11. The van der Waals surface area contributed by atoms with Gasteiger partial charge in [0, 0.05) is 42.0 Å². The first-order valence-electron chi connectivity index (χ1n) is 8.01. The van der Waals surface area contributed by atoms with Gasteiger partial charge in [-0.2, -0.15) is 0 Å². The molecule has 1 aliphatic heterocycles. The number of aryl methyl sites for hydroxylation is 1. The van der Waals surface area contributed by atoms with Crippen LogP contribution in [-0.2, 0) is 11.3 Å². The van der Waals surface area contributed by atoms with E-state index in [9.17, 15) is 9.59 Å². The standard InChI is InChI=1S/C16H21N5O2S/c1-11-12(2)19-10-20(15(11)23)9-14(22)18-8-13-4-3-6-21(13)16-17-5-7-24-16/h5,7,10,13H,3-4,6,8-9H2,1-2H3,(H,18,22). The fourth-order valence-corrected chi connectivity index (χ4v) is 3.63. The van der Waals surface area contributed by atoms with E-state index in [1.54, 1.807) is 31.4 Å². The van der Waals surface area contributed by atoms with Gasteiger partial charge >= 0.3 is 0 Å². The van der Waals surface area contributed by atoms with E-state index in [1.165, 1.54) is 10.9 Å². The third-order valence-corrected chi connectivity index (χ3v) is 5.21. The van der Waals surface area contributed by atoms with Gasteiger partial charge in [0.1, 0.15) is 6.54 Å². The van der Waals surface area contributed by atoms with Crippen LogP contribution in [0.1, 0.15) is 24.1 Å². The molecule has 0 aromatic carbocycles. The molecule has 1 aliphatic rings. The zero-order valence-electron chi connectivity index (χ0n) is 13.9. The van der Waals surface area contributed by atoms with Crippen molar-refractivity contribution in [3.8, 4) is 0 Å². The number of nitrogens with one attached hydrogen (secondary N) is 1.